The number of thioether (sulfide) groups is 1. The molecule has 0 aromatic heterocycles. The number of benzene rings is 1. The molecule has 0 saturated heterocycles. The van der Waals surface area contributed by atoms with Crippen molar-refractivity contribution in [2.45, 2.75) is 17.7 Å². The molecule has 1 heterocycles. The van der Waals surface area contributed by atoms with E-state index in [1.165, 1.54) is 22.6 Å². The Labute approximate surface area is 82.5 Å². The minimum absolute atomic E-state index is 0.165. The Morgan fingerprint density at radius 2 is 2.31 bits per heavy atom. The van der Waals surface area contributed by atoms with E-state index in [1.54, 1.807) is 0 Å². The summed E-state index contributed by atoms with van der Waals surface area (Å²) in [6, 6.07) is 6.05. The van der Waals surface area contributed by atoms with Gasteiger partial charge in [-0.25, -0.2) is 0 Å². The Morgan fingerprint density at radius 1 is 1.46 bits per heavy atom. The molecule has 1 aliphatic rings. The Kier molecular flexibility index (Phi) is 2.32. The Morgan fingerprint density at radius 3 is 3.08 bits per heavy atom. The summed E-state index contributed by atoms with van der Waals surface area (Å²) in [6.07, 6.45) is 2.36. The van der Waals surface area contributed by atoms with Crippen LogP contribution in [0.15, 0.2) is 29.7 Å². The molecule has 1 aliphatic heterocycles. The molecule has 0 unspecified atom stereocenters. The summed E-state index contributed by atoms with van der Waals surface area (Å²) in [5, 5.41) is 9.22. The molecule has 0 atom stereocenters. The van der Waals surface area contributed by atoms with E-state index in [0.717, 1.165) is 12.0 Å². The van der Waals surface area contributed by atoms with Crippen molar-refractivity contribution in [3.05, 3.63) is 35.9 Å². The first-order chi connectivity index (χ1) is 6.27. The fourth-order valence-electron chi connectivity index (χ4n) is 1.54. The number of fused-ring (bicyclic) bond motifs is 1. The molecule has 0 fully saturated rings. The molecule has 0 spiro atoms. The standard InChI is InChI=1S/C11H12OS/c1-8(12)9-4-5-11-10(7-9)3-2-6-13-11/h4-5,7,12H,1-3,6H2. The topological polar surface area (TPSA) is 20.2 Å². The number of aliphatic hydroxyl groups is 1. The van der Waals surface area contributed by atoms with Gasteiger partial charge in [0.05, 0.1) is 0 Å². The van der Waals surface area contributed by atoms with Gasteiger partial charge in [-0.15, -0.1) is 11.8 Å². The van der Waals surface area contributed by atoms with Gasteiger partial charge < -0.3 is 5.11 Å². The highest BCUT2D eigenvalue weighted by atomic mass is 32.2. The highest BCUT2D eigenvalue weighted by Gasteiger charge is 2.10. The van der Waals surface area contributed by atoms with E-state index in [0.29, 0.717) is 0 Å². The smallest absolute Gasteiger partial charge is 0.115 e. The van der Waals surface area contributed by atoms with Gasteiger partial charge in [0.25, 0.3) is 0 Å². The first-order valence-corrected chi connectivity index (χ1v) is 5.40. The molecular formula is C11H12OS. The number of aliphatic hydroxyl groups excluding tert-OH is 1. The van der Waals surface area contributed by atoms with Crippen LogP contribution in [0.2, 0.25) is 0 Å². The largest absolute Gasteiger partial charge is 0.508 e. The van der Waals surface area contributed by atoms with Crippen LogP contribution in [-0.4, -0.2) is 10.9 Å². The predicted octanol–water partition coefficient (Wildman–Crippen LogP) is 3.25. The van der Waals surface area contributed by atoms with Crippen LogP contribution < -0.4 is 0 Å². The average molecular weight is 192 g/mol. The quantitative estimate of drug-likeness (QED) is 0.689. The Balaban J connectivity index is 2.40. The van der Waals surface area contributed by atoms with Gasteiger partial charge >= 0.3 is 0 Å². The Hall–Kier alpha value is -0.890. The van der Waals surface area contributed by atoms with Gasteiger partial charge in [0.1, 0.15) is 5.76 Å². The van der Waals surface area contributed by atoms with Crippen LogP contribution in [0.4, 0.5) is 0 Å². The highest BCUT2D eigenvalue weighted by molar-refractivity contribution is 7.99. The molecule has 1 nitrogen and oxygen atoms in total. The predicted molar refractivity (Wildman–Crippen MR) is 57.1 cm³/mol. The SMILES string of the molecule is C=C(O)c1ccc2c(c1)CCCS2. The molecule has 0 bridgehead atoms. The number of hydrogen-bond donors (Lipinski definition) is 1. The maximum Gasteiger partial charge on any atom is 0.115 e. The average Bonchev–Trinajstić information content (AvgIpc) is 2.17. The number of rotatable bonds is 1. The van der Waals surface area contributed by atoms with Crippen LogP contribution >= 0.6 is 11.8 Å². The second-order valence-corrected chi connectivity index (χ2v) is 4.36. The molecule has 13 heavy (non-hydrogen) atoms. The summed E-state index contributed by atoms with van der Waals surface area (Å²) in [4.78, 5) is 1.36. The third-order valence-corrected chi connectivity index (χ3v) is 3.44. The first-order valence-electron chi connectivity index (χ1n) is 4.41. The van der Waals surface area contributed by atoms with E-state index in [9.17, 15) is 5.11 Å². The molecule has 1 aromatic carbocycles. The lowest BCUT2D eigenvalue weighted by molar-refractivity contribution is 0.513. The molecule has 2 heteroatoms. The van der Waals surface area contributed by atoms with Crippen molar-refractivity contribution in [3.8, 4) is 0 Å². The molecule has 68 valence electrons. The number of aryl methyl sites for hydroxylation is 1. The van der Waals surface area contributed by atoms with Crippen molar-refractivity contribution in [2.24, 2.45) is 0 Å². The highest BCUT2D eigenvalue weighted by Crippen LogP contribution is 2.31. The van der Waals surface area contributed by atoms with E-state index >= 15 is 0 Å². The zero-order chi connectivity index (χ0) is 9.26. The van der Waals surface area contributed by atoms with Crippen molar-refractivity contribution in [3.63, 3.8) is 0 Å². The van der Waals surface area contributed by atoms with Crippen molar-refractivity contribution in [1.29, 1.82) is 0 Å². The molecule has 0 radical (unpaired) electrons. The van der Waals surface area contributed by atoms with Gasteiger partial charge in [0, 0.05) is 10.5 Å². The summed E-state index contributed by atoms with van der Waals surface area (Å²) in [5.74, 6) is 1.38. The van der Waals surface area contributed by atoms with Crippen LogP contribution in [-0.2, 0) is 6.42 Å². The fourth-order valence-corrected chi connectivity index (χ4v) is 2.56. The van der Waals surface area contributed by atoms with Gasteiger partial charge in [-0.3, -0.25) is 0 Å². The lowest BCUT2D eigenvalue weighted by atomic mass is 10.1. The van der Waals surface area contributed by atoms with Gasteiger partial charge in [-0.1, -0.05) is 12.6 Å². The first kappa shape index (κ1) is 8.70. The van der Waals surface area contributed by atoms with E-state index in [4.69, 9.17) is 0 Å². The summed E-state index contributed by atoms with van der Waals surface area (Å²) in [7, 11) is 0. The second kappa shape index (κ2) is 3.46. The Bertz CT molecular complexity index is 344. The van der Waals surface area contributed by atoms with Crippen LogP contribution in [0.5, 0.6) is 0 Å². The lowest BCUT2D eigenvalue weighted by Gasteiger charge is -2.15. The van der Waals surface area contributed by atoms with Gasteiger partial charge in [0.15, 0.2) is 0 Å². The zero-order valence-corrected chi connectivity index (χ0v) is 8.23. The van der Waals surface area contributed by atoms with Crippen LogP contribution in [0, 0.1) is 0 Å². The van der Waals surface area contributed by atoms with E-state index in [-0.39, 0.29) is 5.76 Å². The van der Waals surface area contributed by atoms with Crippen molar-refractivity contribution < 1.29 is 5.11 Å². The summed E-state index contributed by atoms with van der Waals surface area (Å²) in [5.41, 5.74) is 2.20. The normalized spacial score (nSPS) is 15.1. The van der Waals surface area contributed by atoms with Gasteiger partial charge in [0.2, 0.25) is 0 Å². The fraction of sp³-hybridized carbons (Fsp3) is 0.273. The third kappa shape index (κ3) is 1.73. The van der Waals surface area contributed by atoms with E-state index in [2.05, 4.69) is 12.6 Å². The molecule has 1 aromatic rings. The zero-order valence-electron chi connectivity index (χ0n) is 7.42. The van der Waals surface area contributed by atoms with Crippen molar-refractivity contribution in [1.82, 2.24) is 0 Å². The molecular weight excluding hydrogens is 180 g/mol. The van der Waals surface area contributed by atoms with Crippen LogP contribution in [0.1, 0.15) is 17.5 Å². The summed E-state index contributed by atoms with van der Waals surface area (Å²) in [6.45, 7) is 3.52. The summed E-state index contributed by atoms with van der Waals surface area (Å²) >= 11 is 1.90. The van der Waals surface area contributed by atoms with Crippen LogP contribution in [0.25, 0.3) is 5.76 Å². The molecule has 0 amide bonds. The van der Waals surface area contributed by atoms with Crippen molar-refractivity contribution >= 4 is 17.5 Å². The molecule has 0 saturated carbocycles. The van der Waals surface area contributed by atoms with Crippen LogP contribution in [0.3, 0.4) is 0 Å². The lowest BCUT2D eigenvalue weighted by Crippen LogP contribution is -1.98. The molecule has 1 N–H and O–H groups in total. The minimum atomic E-state index is 0.165. The second-order valence-electron chi connectivity index (χ2n) is 3.22. The van der Waals surface area contributed by atoms with Gasteiger partial charge in [-0.2, -0.15) is 0 Å². The monoisotopic (exact) mass is 192 g/mol. The van der Waals surface area contributed by atoms with E-state index in [1.807, 2.05) is 23.9 Å². The number of hydrogen-bond acceptors (Lipinski definition) is 2. The van der Waals surface area contributed by atoms with Crippen molar-refractivity contribution in [2.75, 3.05) is 5.75 Å². The van der Waals surface area contributed by atoms with E-state index < -0.39 is 0 Å². The third-order valence-electron chi connectivity index (χ3n) is 2.24. The minimum Gasteiger partial charge on any atom is -0.508 e. The maximum absolute atomic E-state index is 9.22. The summed E-state index contributed by atoms with van der Waals surface area (Å²) < 4.78 is 0. The maximum atomic E-state index is 9.22. The van der Waals surface area contributed by atoms with Gasteiger partial charge in [-0.05, 0) is 36.3 Å². The molecule has 0 aliphatic carbocycles. The molecule has 2 rings (SSSR count).